The molecule has 0 unspecified atom stereocenters. The van der Waals surface area contributed by atoms with E-state index in [1.807, 2.05) is 56.3 Å². The van der Waals surface area contributed by atoms with Gasteiger partial charge in [-0.1, -0.05) is 68.4 Å². The van der Waals surface area contributed by atoms with E-state index in [0.717, 1.165) is 5.56 Å². The maximum atomic E-state index is 12.1. The zero-order valence-corrected chi connectivity index (χ0v) is 15.8. The number of hydrogen-bond acceptors (Lipinski definition) is 3. The predicted octanol–water partition coefficient (Wildman–Crippen LogP) is 5.01. The molecule has 0 heterocycles. The number of fused-ring (bicyclic) bond motifs is 1. The van der Waals surface area contributed by atoms with Gasteiger partial charge in [-0.15, -0.1) is 0 Å². The summed E-state index contributed by atoms with van der Waals surface area (Å²) in [7, 11) is 0. The van der Waals surface area contributed by atoms with E-state index in [-0.39, 0.29) is 29.4 Å². The normalized spacial score (nSPS) is 11.0. The van der Waals surface area contributed by atoms with Crippen LogP contribution in [-0.2, 0) is 13.0 Å². The van der Waals surface area contributed by atoms with Gasteiger partial charge in [0.1, 0.15) is 17.9 Å². The smallest absolute Gasteiger partial charge is 0.340 e. The minimum atomic E-state index is -1.31. The van der Waals surface area contributed by atoms with Crippen LogP contribution < -0.4 is 4.74 Å². The van der Waals surface area contributed by atoms with E-state index in [0.29, 0.717) is 22.8 Å². The monoisotopic (exact) mass is 378 g/mol. The van der Waals surface area contributed by atoms with Crippen molar-refractivity contribution in [1.82, 2.24) is 0 Å². The third-order valence-corrected chi connectivity index (χ3v) is 4.54. The summed E-state index contributed by atoms with van der Waals surface area (Å²) in [6.07, 6.45) is 0.460. The van der Waals surface area contributed by atoms with E-state index in [1.54, 1.807) is 12.1 Å². The van der Waals surface area contributed by atoms with Gasteiger partial charge in [-0.05, 0) is 28.9 Å². The second-order valence-electron chi connectivity index (χ2n) is 7.09. The molecule has 0 aliphatic rings. The zero-order chi connectivity index (χ0) is 20.3. The van der Waals surface area contributed by atoms with Crippen LogP contribution in [0.1, 0.15) is 45.7 Å². The predicted molar refractivity (Wildman–Crippen MR) is 107 cm³/mol. The van der Waals surface area contributed by atoms with E-state index < -0.39 is 11.9 Å². The Bertz CT molecular complexity index is 1020. The maximum Gasteiger partial charge on any atom is 0.340 e. The molecule has 0 spiro atoms. The second-order valence-corrected chi connectivity index (χ2v) is 7.09. The van der Waals surface area contributed by atoms with Crippen LogP contribution in [0.25, 0.3) is 10.8 Å². The lowest BCUT2D eigenvalue weighted by Crippen LogP contribution is -2.16. The quantitative estimate of drug-likeness (QED) is 0.603. The molecule has 0 amide bonds. The summed E-state index contributed by atoms with van der Waals surface area (Å²) in [5.74, 6) is -2.31. The van der Waals surface area contributed by atoms with E-state index in [1.165, 1.54) is 0 Å². The van der Waals surface area contributed by atoms with Crippen LogP contribution in [0.4, 0.5) is 0 Å². The second kappa shape index (κ2) is 8.13. The van der Waals surface area contributed by atoms with Crippen molar-refractivity contribution >= 4 is 22.7 Å². The molecule has 0 aromatic heterocycles. The summed E-state index contributed by atoms with van der Waals surface area (Å²) in [4.78, 5) is 24.2. The van der Waals surface area contributed by atoms with Crippen LogP contribution in [0.3, 0.4) is 0 Å². The van der Waals surface area contributed by atoms with Crippen LogP contribution >= 0.6 is 0 Å². The Morgan fingerprint density at radius 3 is 2.00 bits per heavy atom. The van der Waals surface area contributed by atoms with Crippen molar-refractivity contribution in [3.63, 3.8) is 0 Å². The van der Waals surface area contributed by atoms with Gasteiger partial charge in [-0.25, -0.2) is 9.59 Å². The van der Waals surface area contributed by atoms with Gasteiger partial charge in [0.15, 0.2) is 0 Å². The van der Waals surface area contributed by atoms with Gasteiger partial charge < -0.3 is 14.9 Å². The molecule has 0 bridgehead atoms. The molecule has 2 N–H and O–H groups in total. The summed E-state index contributed by atoms with van der Waals surface area (Å²) in [6.45, 7) is 4.09. The first-order chi connectivity index (χ1) is 13.4. The standard InChI is InChI=1S/C23H22O5/c1-14(2)12-18-16-10-6-7-11-17(16)21(20(23(26)27)19(18)22(24)25)28-13-15-8-4-3-5-9-15/h3-11,14H,12-13H2,1-2H3,(H,24,25)(H,26,27). The Morgan fingerprint density at radius 2 is 1.43 bits per heavy atom. The topological polar surface area (TPSA) is 83.8 Å². The van der Waals surface area contributed by atoms with E-state index >= 15 is 0 Å². The van der Waals surface area contributed by atoms with Crippen molar-refractivity contribution in [1.29, 1.82) is 0 Å². The van der Waals surface area contributed by atoms with Crippen LogP contribution in [-0.4, -0.2) is 22.2 Å². The molecule has 5 nitrogen and oxygen atoms in total. The minimum Gasteiger partial charge on any atom is -0.487 e. The number of carbonyl (C=O) groups is 2. The highest BCUT2D eigenvalue weighted by Gasteiger charge is 2.29. The Balaban J connectivity index is 2.28. The van der Waals surface area contributed by atoms with Gasteiger partial charge in [0, 0.05) is 5.39 Å². The maximum absolute atomic E-state index is 12.1. The molecule has 5 heteroatoms. The molecule has 3 aromatic rings. The van der Waals surface area contributed by atoms with E-state index in [2.05, 4.69) is 0 Å². The van der Waals surface area contributed by atoms with Crippen molar-refractivity contribution in [2.75, 3.05) is 0 Å². The number of aromatic carboxylic acids is 2. The lowest BCUT2D eigenvalue weighted by Gasteiger charge is -2.20. The van der Waals surface area contributed by atoms with Crippen LogP contribution in [0.2, 0.25) is 0 Å². The summed E-state index contributed by atoms with van der Waals surface area (Å²) >= 11 is 0. The molecule has 0 aliphatic carbocycles. The lowest BCUT2D eigenvalue weighted by atomic mass is 9.88. The van der Waals surface area contributed by atoms with Crippen LogP contribution in [0.15, 0.2) is 54.6 Å². The Morgan fingerprint density at radius 1 is 0.857 bits per heavy atom. The van der Waals surface area contributed by atoms with Crippen LogP contribution in [0, 0.1) is 5.92 Å². The third kappa shape index (κ3) is 3.83. The number of benzene rings is 3. The van der Waals surface area contributed by atoms with Gasteiger partial charge in [0.05, 0.1) is 5.56 Å². The summed E-state index contributed by atoms with van der Waals surface area (Å²) in [5, 5.41) is 21.0. The number of rotatable bonds is 7. The summed E-state index contributed by atoms with van der Waals surface area (Å²) < 4.78 is 5.90. The Kier molecular flexibility index (Phi) is 5.64. The average molecular weight is 378 g/mol. The highest BCUT2D eigenvalue weighted by molar-refractivity contribution is 6.12. The van der Waals surface area contributed by atoms with Crippen molar-refractivity contribution in [3.05, 3.63) is 76.9 Å². The minimum absolute atomic E-state index is 0.0943. The van der Waals surface area contributed by atoms with E-state index in [9.17, 15) is 19.8 Å². The van der Waals surface area contributed by atoms with Crippen molar-refractivity contribution in [3.8, 4) is 5.75 Å². The molecule has 0 saturated carbocycles. The lowest BCUT2D eigenvalue weighted by molar-refractivity contribution is 0.0646. The van der Waals surface area contributed by atoms with Gasteiger partial charge >= 0.3 is 11.9 Å². The van der Waals surface area contributed by atoms with Crippen molar-refractivity contribution in [2.24, 2.45) is 5.92 Å². The molecular weight excluding hydrogens is 356 g/mol. The fraction of sp³-hybridized carbons (Fsp3) is 0.217. The average Bonchev–Trinajstić information content (AvgIpc) is 2.66. The molecule has 0 atom stereocenters. The molecule has 0 aliphatic heterocycles. The fourth-order valence-corrected chi connectivity index (χ4v) is 3.42. The van der Waals surface area contributed by atoms with Gasteiger partial charge in [-0.3, -0.25) is 0 Å². The van der Waals surface area contributed by atoms with Crippen molar-refractivity contribution in [2.45, 2.75) is 26.9 Å². The number of ether oxygens (including phenoxy) is 1. The first-order valence-corrected chi connectivity index (χ1v) is 9.11. The third-order valence-electron chi connectivity index (χ3n) is 4.54. The first-order valence-electron chi connectivity index (χ1n) is 9.11. The molecule has 28 heavy (non-hydrogen) atoms. The number of carboxylic acids is 2. The van der Waals surface area contributed by atoms with Gasteiger partial charge in [-0.2, -0.15) is 0 Å². The zero-order valence-electron chi connectivity index (χ0n) is 15.8. The largest absolute Gasteiger partial charge is 0.487 e. The number of hydrogen-bond donors (Lipinski definition) is 2. The molecule has 0 radical (unpaired) electrons. The van der Waals surface area contributed by atoms with E-state index in [4.69, 9.17) is 4.74 Å². The van der Waals surface area contributed by atoms with Gasteiger partial charge in [0.25, 0.3) is 0 Å². The highest BCUT2D eigenvalue weighted by Crippen LogP contribution is 2.38. The molecule has 3 rings (SSSR count). The first kappa shape index (κ1) is 19.4. The number of carboxylic acid groups (broad SMARTS) is 2. The summed E-state index contributed by atoms with van der Waals surface area (Å²) in [6, 6.07) is 16.6. The highest BCUT2D eigenvalue weighted by atomic mass is 16.5. The molecule has 144 valence electrons. The molecular formula is C23H22O5. The Labute approximate surface area is 163 Å². The summed E-state index contributed by atoms with van der Waals surface area (Å²) in [5.41, 5.74) is 0.911. The Hall–Kier alpha value is -3.34. The molecule has 0 saturated heterocycles. The molecule has 3 aromatic carbocycles. The van der Waals surface area contributed by atoms with Crippen molar-refractivity contribution < 1.29 is 24.5 Å². The van der Waals surface area contributed by atoms with Gasteiger partial charge in [0.2, 0.25) is 0 Å². The van der Waals surface area contributed by atoms with Crippen LogP contribution in [0.5, 0.6) is 5.75 Å². The molecule has 0 fully saturated rings. The SMILES string of the molecule is CC(C)Cc1c(C(=O)O)c(C(=O)O)c(OCc2ccccc2)c2ccccc12. The fourth-order valence-electron chi connectivity index (χ4n) is 3.42.